The predicted octanol–water partition coefficient (Wildman–Crippen LogP) is 4.37. The Hall–Kier alpha value is -2.72. The summed E-state index contributed by atoms with van der Waals surface area (Å²) < 4.78 is 55.9. The van der Waals surface area contributed by atoms with Crippen LogP contribution >= 0.6 is 12.6 Å². The summed E-state index contributed by atoms with van der Waals surface area (Å²) in [5.74, 6) is -3.72. The molecule has 0 aromatic heterocycles. The Morgan fingerprint density at radius 2 is 1.88 bits per heavy atom. The van der Waals surface area contributed by atoms with Crippen LogP contribution in [0.4, 0.5) is 18.0 Å². The van der Waals surface area contributed by atoms with Crippen molar-refractivity contribution in [3.63, 3.8) is 0 Å². The van der Waals surface area contributed by atoms with Gasteiger partial charge in [-0.2, -0.15) is 12.6 Å². The number of thiol groups is 1. The lowest BCUT2D eigenvalue weighted by Gasteiger charge is -2.23. The summed E-state index contributed by atoms with van der Waals surface area (Å²) in [6, 6.07) is 6.84. The van der Waals surface area contributed by atoms with Crippen molar-refractivity contribution in [3.8, 4) is 5.75 Å². The molecule has 0 unspecified atom stereocenters. The summed E-state index contributed by atoms with van der Waals surface area (Å²) in [5, 5.41) is -0.123. The van der Waals surface area contributed by atoms with Gasteiger partial charge >= 0.3 is 12.1 Å². The van der Waals surface area contributed by atoms with E-state index in [1.165, 1.54) is 17.0 Å². The molecule has 172 valence electrons. The molecule has 2 atom stereocenters. The summed E-state index contributed by atoms with van der Waals surface area (Å²) in [7, 11) is 0. The number of amides is 1. The number of likely N-dealkylation sites (tertiary alicyclic amines) is 1. The van der Waals surface area contributed by atoms with E-state index in [1.807, 2.05) is 0 Å². The van der Waals surface area contributed by atoms with Gasteiger partial charge in [-0.25, -0.2) is 22.8 Å². The number of carbonyl (C=O) groups is 2. The zero-order valence-corrected chi connectivity index (χ0v) is 18.1. The number of hydrogen-bond acceptors (Lipinski definition) is 6. The Kier molecular flexibility index (Phi) is 8.03. The Labute approximate surface area is 188 Å². The van der Waals surface area contributed by atoms with Crippen LogP contribution in [-0.2, 0) is 16.1 Å². The number of carbonyl (C=O) groups excluding carboxylic acids is 2. The van der Waals surface area contributed by atoms with E-state index in [2.05, 4.69) is 12.6 Å². The van der Waals surface area contributed by atoms with E-state index in [1.54, 1.807) is 19.1 Å². The minimum Gasteiger partial charge on any atom is -0.462 e. The lowest BCUT2D eigenvalue weighted by molar-refractivity contribution is 0.0525. The first-order valence-corrected chi connectivity index (χ1v) is 10.4. The molecule has 1 saturated heterocycles. The van der Waals surface area contributed by atoms with Crippen molar-refractivity contribution < 1.29 is 37.0 Å². The first kappa shape index (κ1) is 23.9. The second-order valence-corrected chi connectivity index (χ2v) is 7.92. The third-order valence-corrected chi connectivity index (χ3v) is 5.21. The first-order chi connectivity index (χ1) is 15.3. The number of benzene rings is 2. The number of hydrogen-bond donors (Lipinski definition) is 1. The van der Waals surface area contributed by atoms with Gasteiger partial charge in [0, 0.05) is 23.4 Å². The highest BCUT2D eigenvalue weighted by molar-refractivity contribution is 7.81. The summed E-state index contributed by atoms with van der Waals surface area (Å²) in [4.78, 5) is 26.0. The maximum absolute atomic E-state index is 13.8. The maximum atomic E-state index is 13.8. The highest BCUT2D eigenvalue weighted by Crippen LogP contribution is 2.25. The van der Waals surface area contributed by atoms with Crippen LogP contribution in [0.2, 0.25) is 0 Å². The number of nitrogens with zero attached hydrogens (tertiary/aromatic N) is 1. The van der Waals surface area contributed by atoms with Gasteiger partial charge in [0.25, 0.3) is 0 Å². The zero-order chi connectivity index (χ0) is 23.3. The maximum Gasteiger partial charge on any atom is 0.415 e. The van der Waals surface area contributed by atoms with Crippen molar-refractivity contribution >= 4 is 24.7 Å². The lowest BCUT2D eigenvalue weighted by Crippen LogP contribution is -2.40. The Bertz CT molecular complexity index is 990. The molecule has 0 N–H and O–H groups in total. The standard InChI is InChI=1S/C22H22F3NO5S/c1-2-30-21(27)13-4-3-5-16(6-13)31-22(28)26-10-17(32)8-15(26)12-29-11-14-7-19(24)20(25)9-18(14)23/h3-7,9,15,17,32H,2,8,10-12H2,1H3/t15-,17+/m0/s1. The van der Waals surface area contributed by atoms with Gasteiger partial charge in [-0.05, 0) is 37.6 Å². The van der Waals surface area contributed by atoms with Crippen LogP contribution < -0.4 is 4.74 Å². The minimum absolute atomic E-state index is 0.0213. The van der Waals surface area contributed by atoms with E-state index in [9.17, 15) is 22.8 Å². The van der Waals surface area contributed by atoms with Crippen molar-refractivity contribution in [2.75, 3.05) is 19.8 Å². The van der Waals surface area contributed by atoms with Crippen LogP contribution in [-0.4, -0.2) is 48.0 Å². The molecule has 2 aromatic carbocycles. The van der Waals surface area contributed by atoms with Crippen molar-refractivity contribution in [2.45, 2.75) is 31.2 Å². The highest BCUT2D eigenvalue weighted by atomic mass is 32.1. The average molecular weight is 469 g/mol. The molecule has 0 bridgehead atoms. The smallest absolute Gasteiger partial charge is 0.415 e. The summed E-state index contributed by atoms with van der Waals surface area (Å²) in [6.45, 7) is 1.93. The fourth-order valence-electron chi connectivity index (χ4n) is 3.31. The molecule has 6 nitrogen and oxygen atoms in total. The third kappa shape index (κ3) is 5.95. The van der Waals surface area contributed by atoms with Crippen molar-refractivity contribution in [1.82, 2.24) is 4.90 Å². The quantitative estimate of drug-likeness (QED) is 0.371. The molecule has 1 fully saturated rings. The number of rotatable bonds is 7. The summed E-state index contributed by atoms with van der Waals surface area (Å²) in [5.41, 5.74) is 0.119. The molecule has 1 aliphatic heterocycles. The van der Waals surface area contributed by atoms with Gasteiger partial charge in [0.15, 0.2) is 11.6 Å². The highest BCUT2D eigenvalue weighted by Gasteiger charge is 2.35. The van der Waals surface area contributed by atoms with Crippen molar-refractivity contribution in [3.05, 3.63) is 65.0 Å². The molecule has 3 rings (SSSR count). The summed E-state index contributed by atoms with van der Waals surface area (Å²) in [6.07, 6.45) is -0.156. The SMILES string of the molecule is CCOC(=O)c1cccc(OC(=O)N2C[C@H](S)C[C@H]2COCc2cc(F)c(F)cc2F)c1. The van der Waals surface area contributed by atoms with Crippen LogP contribution in [0.1, 0.15) is 29.3 Å². The number of halogens is 3. The monoisotopic (exact) mass is 469 g/mol. The summed E-state index contributed by atoms with van der Waals surface area (Å²) >= 11 is 4.41. The van der Waals surface area contributed by atoms with E-state index < -0.39 is 35.6 Å². The van der Waals surface area contributed by atoms with Gasteiger partial charge in [0.05, 0.1) is 31.4 Å². The third-order valence-electron chi connectivity index (χ3n) is 4.83. The molecular formula is C22H22F3NO5S. The topological polar surface area (TPSA) is 65.1 Å². The van der Waals surface area contributed by atoms with E-state index >= 15 is 0 Å². The molecule has 1 heterocycles. The average Bonchev–Trinajstić information content (AvgIpc) is 3.12. The van der Waals surface area contributed by atoms with E-state index in [4.69, 9.17) is 14.2 Å². The number of ether oxygens (including phenoxy) is 3. The fraction of sp³-hybridized carbons (Fsp3) is 0.364. The molecule has 1 aliphatic rings. The molecule has 10 heteroatoms. The first-order valence-electron chi connectivity index (χ1n) is 9.93. The van der Waals surface area contributed by atoms with Gasteiger partial charge in [0.2, 0.25) is 0 Å². The van der Waals surface area contributed by atoms with Crippen molar-refractivity contribution in [1.29, 1.82) is 0 Å². The van der Waals surface area contributed by atoms with Gasteiger partial charge < -0.3 is 19.1 Å². The molecule has 2 aromatic rings. The van der Waals surface area contributed by atoms with E-state index in [-0.39, 0.29) is 41.9 Å². The van der Waals surface area contributed by atoms with Crippen LogP contribution in [0, 0.1) is 17.5 Å². The largest absolute Gasteiger partial charge is 0.462 e. The van der Waals surface area contributed by atoms with E-state index in [0.717, 1.165) is 6.07 Å². The lowest BCUT2D eigenvalue weighted by atomic mass is 10.2. The molecule has 0 aliphatic carbocycles. The van der Waals surface area contributed by atoms with Gasteiger partial charge in [-0.15, -0.1) is 0 Å². The molecule has 0 spiro atoms. The van der Waals surface area contributed by atoms with Gasteiger partial charge in [-0.1, -0.05) is 6.07 Å². The molecule has 32 heavy (non-hydrogen) atoms. The zero-order valence-electron chi connectivity index (χ0n) is 17.2. The Balaban J connectivity index is 1.60. The second kappa shape index (κ2) is 10.7. The van der Waals surface area contributed by atoms with Crippen LogP contribution in [0.5, 0.6) is 5.75 Å². The fourth-order valence-corrected chi connectivity index (χ4v) is 3.73. The molecule has 0 saturated carbocycles. The predicted molar refractivity (Wildman–Crippen MR) is 112 cm³/mol. The molecule has 1 amide bonds. The van der Waals surface area contributed by atoms with Crippen LogP contribution in [0.25, 0.3) is 0 Å². The van der Waals surface area contributed by atoms with Crippen molar-refractivity contribution in [2.24, 2.45) is 0 Å². The van der Waals surface area contributed by atoms with E-state index in [0.29, 0.717) is 19.0 Å². The second-order valence-electron chi connectivity index (χ2n) is 7.18. The van der Waals surface area contributed by atoms with Gasteiger partial charge in [-0.3, -0.25) is 0 Å². The normalized spacial score (nSPS) is 18.0. The Morgan fingerprint density at radius 3 is 2.62 bits per heavy atom. The molecule has 0 radical (unpaired) electrons. The Morgan fingerprint density at radius 1 is 1.12 bits per heavy atom. The van der Waals surface area contributed by atoms with Crippen LogP contribution in [0.15, 0.2) is 36.4 Å². The van der Waals surface area contributed by atoms with Crippen LogP contribution in [0.3, 0.4) is 0 Å². The van der Waals surface area contributed by atoms with Gasteiger partial charge in [0.1, 0.15) is 11.6 Å². The number of esters is 1. The minimum atomic E-state index is -1.28. The molecular weight excluding hydrogens is 447 g/mol.